The van der Waals surface area contributed by atoms with Crippen molar-refractivity contribution < 1.29 is 14.3 Å². The summed E-state index contributed by atoms with van der Waals surface area (Å²) in [5.74, 6) is 0.292. The summed E-state index contributed by atoms with van der Waals surface area (Å²) in [5, 5.41) is 3.67. The average molecular weight is 423 g/mol. The molecule has 0 aliphatic rings. The molecule has 0 fully saturated rings. The van der Waals surface area contributed by atoms with E-state index in [1.165, 1.54) is 4.90 Å². The minimum atomic E-state index is -0.668. The lowest BCUT2D eigenvalue weighted by Crippen LogP contribution is -2.48. The standard InChI is InChI=1S/C21H24Cl2N2O3/c1-4-24-21(27)14(2)25(13-17-18(22)6-5-7-19(17)23)20(26)12-15-8-10-16(28-3)11-9-15/h5-11,14H,4,12-13H2,1-3H3,(H,24,27)/t14-/m1/s1. The van der Waals surface area contributed by atoms with Crippen LogP contribution in [-0.2, 0) is 22.6 Å². The van der Waals surface area contributed by atoms with E-state index in [-0.39, 0.29) is 24.8 Å². The monoisotopic (exact) mass is 422 g/mol. The second-order valence-electron chi connectivity index (χ2n) is 6.32. The van der Waals surface area contributed by atoms with Gasteiger partial charge in [0, 0.05) is 28.7 Å². The van der Waals surface area contributed by atoms with Crippen molar-refractivity contribution in [3.63, 3.8) is 0 Å². The Hall–Kier alpha value is -2.24. The Morgan fingerprint density at radius 3 is 2.25 bits per heavy atom. The fraction of sp³-hybridized carbons (Fsp3) is 0.333. The van der Waals surface area contributed by atoms with Gasteiger partial charge in [-0.1, -0.05) is 41.4 Å². The Morgan fingerprint density at radius 2 is 1.71 bits per heavy atom. The molecule has 2 rings (SSSR count). The Bertz CT molecular complexity index is 805. The SMILES string of the molecule is CCNC(=O)[C@@H](C)N(Cc1c(Cl)cccc1Cl)C(=O)Cc1ccc(OC)cc1. The Kier molecular flexibility index (Phi) is 8.15. The van der Waals surface area contributed by atoms with Crippen LogP contribution in [0.4, 0.5) is 0 Å². The second kappa shape index (κ2) is 10.3. The molecule has 0 bridgehead atoms. The van der Waals surface area contributed by atoms with Crippen molar-refractivity contribution in [2.75, 3.05) is 13.7 Å². The number of nitrogens with one attached hydrogen (secondary N) is 1. The van der Waals surface area contributed by atoms with Crippen LogP contribution in [0.15, 0.2) is 42.5 Å². The number of rotatable bonds is 8. The number of benzene rings is 2. The highest BCUT2D eigenvalue weighted by molar-refractivity contribution is 6.36. The highest BCUT2D eigenvalue weighted by atomic mass is 35.5. The zero-order chi connectivity index (χ0) is 20.7. The zero-order valence-corrected chi connectivity index (χ0v) is 17.7. The van der Waals surface area contributed by atoms with Crippen molar-refractivity contribution in [2.45, 2.75) is 32.9 Å². The molecule has 2 aromatic carbocycles. The molecule has 1 N–H and O–H groups in total. The van der Waals surface area contributed by atoms with E-state index in [0.717, 1.165) is 5.56 Å². The van der Waals surface area contributed by atoms with Gasteiger partial charge < -0.3 is 15.0 Å². The van der Waals surface area contributed by atoms with Gasteiger partial charge in [-0.05, 0) is 43.7 Å². The lowest BCUT2D eigenvalue weighted by molar-refractivity contribution is -0.140. The molecule has 0 heterocycles. The van der Waals surface area contributed by atoms with Gasteiger partial charge in [-0.2, -0.15) is 0 Å². The molecule has 0 saturated carbocycles. The van der Waals surface area contributed by atoms with Crippen LogP contribution < -0.4 is 10.1 Å². The topological polar surface area (TPSA) is 58.6 Å². The molecular formula is C21H24Cl2N2O3. The molecule has 0 radical (unpaired) electrons. The minimum absolute atomic E-state index is 0.145. The van der Waals surface area contributed by atoms with Gasteiger partial charge in [-0.25, -0.2) is 0 Å². The van der Waals surface area contributed by atoms with Crippen LogP contribution in [0.3, 0.4) is 0 Å². The number of carbonyl (C=O) groups excluding carboxylic acids is 2. The molecule has 5 nitrogen and oxygen atoms in total. The first-order valence-electron chi connectivity index (χ1n) is 9.00. The van der Waals surface area contributed by atoms with E-state index < -0.39 is 6.04 Å². The zero-order valence-electron chi connectivity index (χ0n) is 16.2. The maximum atomic E-state index is 13.1. The number of methoxy groups -OCH3 is 1. The highest BCUT2D eigenvalue weighted by Gasteiger charge is 2.27. The number of ether oxygens (including phenoxy) is 1. The molecule has 0 saturated heterocycles. The lowest BCUT2D eigenvalue weighted by atomic mass is 10.1. The van der Waals surface area contributed by atoms with E-state index in [1.54, 1.807) is 44.4 Å². The van der Waals surface area contributed by atoms with Crippen molar-refractivity contribution in [3.8, 4) is 5.75 Å². The summed E-state index contributed by atoms with van der Waals surface area (Å²) in [4.78, 5) is 27.0. The molecule has 2 amide bonds. The van der Waals surface area contributed by atoms with Gasteiger partial charge in [-0.15, -0.1) is 0 Å². The quantitative estimate of drug-likeness (QED) is 0.696. The fourth-order valence-corrected chi connectivity index (χ4v) is 3.29. The largest absolute Gasteiger partial charge is 0.497 e. The van der Waals surface area contributed by atoms with Gasteiger partial charge in [0.05, 0.1) is 13.5 Å². The van der Waals surface area contributed by atoms with Crippen molar-refractivity contribution in [1.29, 1.82) is 0 Å². The minimum Gasteiger partial charge on any atom is -0.497 e. The third-order valence-corrected chi connectivity index (χ3v) is 5.13. The first kappa shape index (κ1) is 22.1. The van der Waals surface area contributed by atoms with Crippen LogP contribution in [0.25, 0.3) is 0 Å². The van der Waals surface area contributed by atoms with Crippen LogP contribution in [0.2, 0.25) is 10.0 Å². The van der Waals surface area contributed by atoms with Gasteiger partial charge >= 0.3 is 0 Å². The fourth-order valence-electron chi connectivity index (χ4n) is 2.78. The molecule has 2 aromatic rings. The Balaban J connectivity index is 2.28. The normalized spacial score (nSPS) is 11.6. The van der Waals surface area contributed by atoms with Gasteiger partial charge in [0.15, 0.2) is 0 Å². The van der Waals surface area contributed by atoms with Gasteiger partial charge in [0.2, 0.25) is 11.8 Å². The van der Waals surface area contributed by atoms with Crippen molar-refractivity contribution >= 4 is 35.0 Å². The maximum absolute atomic E-state index is 13.1. The number of hydrogen-bond acceptors (Lipinski definition) is 3. The third kappa shape index (κ3) is 5.63. The number of amides is 2. The van der Waals surface area contributed by atoms with E-state index in [0.29, 0.717) is 27.9 Å². The van der Waals surface area contributed by atoms with E-state index in [9.17, 15) is 9.59 Å². The van der Waals surface area contributed by atoms with Crippen molar-refractivity contribution in [1.82, 2.24) is 10.2 Å². The first-order valence-corrected chi connectivity index (χ1v) is 9.76. The molecule has 28 heavy (non-hydrogen) atoms. The Labute approximate surface area is 175 Å². The number of nitrogens with zero attached hydrogens (tertiary/aromatic N) is 1. The predicted molar refractivity (Wildman–Crippen MR) is 112 cm³/mol. The summed E-state index contributed by atoms with van der Waals surface area (Å²) in [6.07, 6.45) is 0.149. The van der Waals surface area contributed by atoms with E-state index >= 15 is 0 Å². The van der Waals surface area contributed by atoms with Gasteiger partial charge in [0.25, 0.3) is 0 Å². The summed E-state index contributed by atoms with van der Waals surface area (Å²) in [6, 6.07) is 11.7. The van der Waals surface area contributed by atoms with Crippen LogP contribution in [0.1, 0.15) is 25.0 Å². The van der Waals surface area contributed by atoms with Crippen molar-refractivity contribution in [3.05, 3.63) is 63.6 Å². The molecule has 150 valence electrons. The summed E-state index contributed by atoms with van der Waals surface area (Å²) in [5.41, 5.74) is 1.44. The number of likely N-dealkylation sites (N-methyl/N-ethyl adjacent to an activating group) is 1. The van der Waals surface area contributed by atoms with Gasteiger partial charge in [-0.3, -0.25) is 9.59 Å². The van der Waals surface area contributed by atoms with E-state index in [4.69, 9.17) is 27.9 Å². The molecule has 7 heteroatoms. The molecule has 0 aromatic heterocycles. The van der Waals surface area contributed by atoms with E-state index in [2.05, 4.69) is 5.32 Å². The van der Waals surface area contributed by atoms with E-state index in [1.807, 2.05) is 19.1 Å². The molecule has 0 unspecified atom stereocenters. The third-order valence-electron chi connectivity index (χ3n) is 4.42. The lowest BCUT2D eigenvalue weighted by Gasteiger charge is -2.29. The maximum Gasteiger partial charge on any atom is 0.242 e. The highest BCUT2D eigenvalue weighted by Crippen LogP contribution is 2.27. The van der Waals surface area contributed by atoms with Crippen LogP contribution in [0.5, 0.6) is 5.75 Å². The molecule has 0 aliphatic carbocycles. The molecular weight excluding hydrogens is 399 g/mol. The summed E-state index contributed by atoms with van der Waals surface area (Å²) >= 11 is 12.6. The predicted octanol–water partition coefficient (Wildman–Crippen LogP) is 4.10. The summed E-state index contributed by atoms with van der Waals surface area (Å²) < 4.78 is 5.15. The molecule has 0 aliphatic heterocycles. The van der Waals surface area contributed by atoms with Crippen molar-refractivity contribution in [2.24, 2.45) is 0 Å². The van der Waals surface area contributed by atoms with Crippen LogP contribution in [0, 0.1) is 0 Å². The number of carbonyl (C=O) groups is 2. The first-order chi connectivity index (χ1) is 13.4. The smallest absolute Gasteiger partial charge is 0.242 e. The van der Waals surface area contributed by atoms with Crippen LogP contribution >= 0.6 is 23.2 Å². The second-order valence-corrected chi connectivity index (χ2v) is 7.13. The Morgan fingerprint density at radius 1 is 1.11 bits per heavy atom. The van der Waals surface area contributed by atoms with Gasteiger partial charge in [0.1, 0.15) is 11.8 Å². The molecule has 1 atom stereocenters. The van der Waals surface area contributed by atoms with Crippen LogP contribution in [-0.4, -0.2) is 36.4 Å². The number of halogens is 2. The summed E-state index contributed by atoms with van der Waals surface area (Å²) in [7, 11) is 1.59. The summed E-state index contributed by atoms with van der Waals surface area (Å²) in [6.45, 7) is 4.16. The molecule has 0 spiro atoms. The number of hydrogen-bond donors (Lipinski definition) is 1. The average Bonchev–Trinajstić information content (AvgIpc) is 2.68.